The van der Waals surface area contributed by atoms with Crippen LogP contribution in [0.15, 0.2) is 48.5 Å². The maximum Gasteiger partial charge on any atom is 0.234 e. The average molecular weight is 479 g/mol. The van der Waals surface area contributed by atoms with Crippen molar-refractivity contribution in [3.05, 3.63) is 54.1 Å². The molecule has 35 heavy (non-hydrogen) atoms. The number of hydrogen-bond donors (Lipinski definition) is 2. The van der Waals surface area contributed by atoms with Gasteiger partial charge in [0, 0.05) is 43.3 Å². The first-order valence-electron chi connectivity index (χ1n) is 12.6. The molecule has 2 aromatic rings. The van der Waals surface area contributed by atoms with E-state index in [1.54, 1.807) is 6.07 Å². The minimum absolute atomic E-state index is 0.0234. The number of carbonyl (C=O) groups is 2. The Hall–Kier alpha value is -3.10. The van der Waals surface area contributed by atoms with Gasteiger partial charge in [-0.2, -0.15) is 0 Å². The molecular weight excluding hydrogens is 444 g/mol. The molecule has 0 radical (unpaired) electrons. The first-order valence-corrected chi connectivity index (χ1v) is 12.6. The second kappa shape index (κ2) is 11.1. The number of fused-ring (bicyclic) bond motifs is 1. The smallest absolute Gasteiger partial charge is 0.234 e. The number of piperidine rings is 2. The molecule has 3 aliphatic heterocycles. The fourth-order valence-corrected chi connectivity index (χ4v) is 5.13. The van der Waals surface area contributed by atoms with Crippen molar-refractivity contribution in [1.82, 2.24) is 15.1 Å². The van der Waals surface area contributed by atoms with Gasteiger partial charge in [0.15, 0.2) is 11.5 Å². The van der Waals surface area contributed by atoms with Crippen LogP contribution in [-0.2, 0) is 16.1 Å². The van der Waals surface area contributed by atoms with E-state index in [2.05, 4.69) is 44.7 Å². The van der Waals surface area contributed by atoms with Crippen molar-refractivity contribution >= 4 is 17.5 Å². The molecule has 0 unspecified atom stereocenters. The summed E-state index contributed by atoms with van der Waals surface area (Å²) >= 11 is 0. The van der Waals surface area contributed by atoms with Gasteiger partial charge in [-0.15, -0.1) is 0 Å². The van der Waals surface area contributed by atoms with Gasteiger partial charge in [0.25, 0.3) is 0 Å². The highest BCUT2D eigenvalue weighted by atomic mass is 16.7. The quantitative estimate of drug-likeness (QED) is 0.637. The molecule has 3 heterocycles. The van der Waals surface area contributed by atoms with Crippen LogP contribution in [0.4, 0.5) is 5.69 Å². The van der Waals surface area contributed by atoms with Crippen LogP contribution in [0.1, 0.15) is 31.2 Å². The van der Waals surface area contributed by atoms with E-state index in [4.69, 9.17) is 9.47 Å². The van der Waals surface area contributed by atoms with Gasteiger partial charge in [-0.25, -0.2) is 0 Å². The maximum absolute atomic E-state index is 12.7. The maximum atomic E-state index is 12.7. The lowest BCUT2D eigenvalue weighted by atomic mass is 9.95. The lowest BCUT2D eigenvalue weighted by Gasteiger charge is -2.34. The summed E-state index contributed by atoms with van der Waals surface area (Å²) in [6.45, 7) is 5.10. The Kier molecular flexibility index (Phi) is 7.49. The second-order valence-corrected chi connectivity index (χ2v) is 9.71. The summed E-state index contributed by atoms with van der Waals surface area (Å²) < 4.78 is 10.7. The van der Waals surface area contributed by atoms with Gasteiger partial charge in [-0.05, 0) is 56.5 Å². The molecule has 0 aliphatic carbocycles. The zero-order valence-electron chi connectivity index (χ0n) is 20.1. The number of nitrogens with zero attached hydrogens (tertiary/aromatic N) is 2. The molecule has 2 fully saturated rings. The first-order chi connectivity index (χ1) is 17.1. The van der Waals surface area contributed by atoms with Gasteiger partial charge in [0.2, 0.25) is 18.6 Å². The average Bonchev–Trinajstić information content (AvgIpc) is 3.34. The van der Waals surface area contributed by atoms with E-state index >= 15 is 0 Å². The van der Waals surface area contributed by atoms with E-state index < -0.39 is 0 Å². The van der Waals surface area contributed by atoms with Gasteiger partial charge in [-0.1, -0.05) is 30.3 Å². The Morgan fingerprint density at radius 2 is 1.57 bits per heavy atom. The number of rotatable bonds is 7. The van der Waals surface area contributed by atoms with Crippen LogP contribution >= 0.6 is 0 Å². The van der Waals surface area contributed by atoms with Crippen LogP contribution in [0.25, 0.3) is 0 Å². The van der Waals surface area contributed by atoms with Gasteiger partial charge in [0.1, 0.15) is 0 Å². The minimum Gasteiger partial charge on any atom is -0.454 e. The third-order valence-corrected chi connectivity index (χ3v) is 7.17. The van der Waals surface area contributed by atoms with E-state index in [1.165, 1.54) is 5.56 Å². The van der Waals surface area contributed by atoms with Gasteiger partial charge < -0.3 is 20.1 Å². The highest BCUT2D eigenvalue weighted by molar-refractivity contribution is 5.93. The van der Waals surface area contributed by atoms with Crippen molar-refractivity contribution in [1.29, 1.82) is 0 Å². The van der Waals surface area contributed by atoms with Crippen molar-refractivity contribution in [3.8, 4) is 11.5 Å². The number of benzene rings is 2. The number of nitrogens with one attached hydrogen (secondary N) is 2. The van der Waals surface area contributed by atoms with Gasteiger partial charge >= 0.3 is 0 Å². The summed E-state index contributed by atoms with van der Waals surface area (Å²) in [5, 5.41) is 6.22. The summed E-state index contributed by atoms with van der Waals surface area (Å²) in [4.78, 5) is 30.0. The standard InChI is InChI=1S/C27H34N4O4/c32-26(28-22-10-14-30(15-11-22)17-20-4-2-1-3-5-20)18-31-12-8-21(9-13-31)27(33)29-23-6-7-24-25(16-23)35-19-34-24/h1-7,16,21-22H,8-15,17-19H2,(H,28,32)(H,29,33). The molecule has 8 heteroatoms. The third kappa shape index (κ3) is 6.32. The van der Waals surface area contributed by atoms with Crippen LogP contribution in [0.2, 0.25) is 0 Å². The highest BCUT2D eigenvalue weighted by Gasteiger charge is 2.27. The molecule has 3 aliphatic rings. The van der Waals surface area contributed by atoms with Crippen molar-refractivity contribution < 1.29 is 19.1 Å². The molecule has 8 nitrogen and oxygen atoms in total. The molecule has 2 aromatic carbocycles. The van der Waals surface area contributed by atoms with E-state index in [1.807, 2.05) is 18.2 Å². The summed E-state index contributed by atoms with van der Waals surface area (Å²) in [6, 6.07) is 16.2. The zero-order valence-corrected chi connectivity index (χ0v) is 20.1. The molecule has 0 aromatic heterocycles. The van der Waals surface area contributed by atoms with Crippen LogP contribution in [0, 0.1) is 5.92 Å². The summed E-state index contributed by atoms with van der Waals surface area (Å²) in [7, 11) is 0. The van der Waals surface area contributed by atoms with E-state index in [9.17, 15) is 9.59 Å². The molecule has 2 amide bonds. The van der Waals surface area contributed by atoms with Crippen LogP contribution in [-0.4, -0.2) is 67.2 Å². The van der Waals surface area contributed by atoms with Gasteiger partial charge in [0.05, 0.1) is 6.54 Å². The molecule has 0 atom stereocenters. The largest absolute Gasteiger partial charge is 0.454 e. The first kappa shape index (κ1) is 23.6. The Morgan fingerprint density at radius 1 is 0.857 bits per heavy atom. The monoisotopic (exact) mass is 478 g/mol. The van der Waals surface area contributed by atoms with Crippen molar-refractivity contribution in [2.45, 2.75) is 38.3 Å². The molecule has 0 saturated carbocycles. The SMILES string of the molecule is O=C(CN1CCC(C(=O)Nc2ccc3c(c2)OCO3)CC1)NC1CCN(Cc2ccccc2)CC1. The number of amides is 2. The number of anilines is 1. The number of carbonyl (C=O) groups excluding carboxylic acids is 2. The number of hydrogen-bond acceptors (Lipinski definition) is 6. The van der Waals surface area contributed by atoms with Crippen LogP contribution in [0.5, 0.6) is 11.5 Å². The lowest BCUT2D eigenvalue weighted by molar-refractivity contribution is -0.124. The number of ether oxygens (including phenoxy) is 2. The molecule has 186 valence electrons. The summed E-state index contributed by atoms with van der Waals surface area (Å²) in [6.07, 6.45) is 3.48. The molecule has 0 bridgehead atoms. The predicted octanol–water partition coefficient (Wildman–Crippen LogP) is 2.85. The topological polar surface area (TPSA) is 83.1 Å². The van der Waals surface area contributed by atoms with E-state index in [0.717, 1.165) is 64.1 Å². The molecule has 2 saturated heterocycles. The van der Waals surface area contributed by atoms with Crippen molar-refractivity contribution in [2.75, 3.05) is 44.8 Å². The van der Waals surface area contributed by atoms with E-state index in [-0.39, 0.29) is 30.6 Å². The highest BCUT2D eigenvalue weighted by Crippen LogP contribution is 2.34. The predicted molar refractivity (Wildman–Crippen MR) is 133 cm³/mol. The number of likely N-dealkylation sites (tertiary alicyclic amines) is 2. The molecule has 5 rings (SSSR count). The molecular formula is C27H34N4O4. The van der Waals surface area contributed by atoms with Crippen molar-refractivity contribution in [2.24, 2.45) is 5.92 Å². The lowest BCUT2D eigenvalue weighted by Crippen LogP contribution is -2.48. The fourth-order valence-electron chi connectivity index (χ4n) is 5.13. The Balaban J connectivity index is 0.994. The third-order valence-electron chi connectivity index (χ3n) is 7.17. The molecule has 0 spiro atoms. The Labute approximate surface area is 206 Å². The van der Waals surface area contributed by atoms with Crippen LogP contribution in [0.3, 0.4) is 0 Å². The summed E-state index contributed by atoms with van der Waals surface area (Å²) in [5.41, 5.74) is 2.05. The normalized spacial score (nSPS) is 19.4. The van der Waals surface area contributed by atoms with Gasteiger partial charge in [-0.3, -0.25) is 19.4 Å². The summed E-state index contributed by atoms with van der Waals surface area (Å²) in [5.74, 6) is 1.43. The zero-order chi connectivity index (χ0) is 24.0. The van der Waals surface area contributed by atoms with Crippen LogP contribution < -0.4 is 20.1 Å². The Bertz CT molecular complexity index is 1020. The fraction of sp³-hybridized carbons (Fsp3) is 0.481. The van der Waals surface area contributed by atoms with Crippen molar-refractivity contribution in [3.63, 3.8) is 0 Å². The molecule has 2 N–H and O–H groups in total. The minimum atomic E-state index is -0.0475. The second-order valence-electron chi connectivity index (χ2n) is 9.71. The van der Waals surface area contributed by atoms with E-state index in [0.29, 0.717) is 18.0 Å². The Morgan fingerprint density at radius 3 is 2.34 bits per heavy atom.